The second kappa shape index (κ2) is 17.9. The van der Waals surface area contributed by atoms with E-state index < -0.39 is 5.41 Å². The molecule has 0 saturated carbocycles. The van der Waals surface area contributed by atoms with Crippen molar-refractivity contribution in [2.75, 3.05) is 4.90 Å². The second-order valence-corrected chi connectivity index (χ2v) is 19.5. The molecule has 0 aromatic heterocycles. The number of hydrogen-bond donors (Lipinski definition) is 0. The lowest BCUT2D eigenvalue weighted by molar-refractivity contribution is 0.768. The summed E-state index contributed by atoms with van der Waals surface area (Å²) in [4.78, 5) is 2.50. The predicted octanol–water partition coefficient (Wildman–Crippen LogP) is 19.6. The molecule has 0 N–H and O–H groups in total. The van der Waals surface area contributed by atoms with Gasteiger partial charge in [-0.1, -0.05) is 261 Å². The average Bonchev–Trinajstić information content (AvgIpc) is 3.88. The fourth-order valence-electron chi connectivity index (χ4n) is 12.4. The van der Waals surface area contributed by atoms with Crippen molar-refractivity contribution >= 4 is 49.4 Å². The predicted molar refractivity (Wildman–Crippen MR) is 313 cm³/mol. The van der Waals surface area contributed by atoms with Gasteiger partial charge in [0.2, 0.25) is 0 Å². The molecule has 0 aliphatic heterocycles. The lowest BCUT2D eigenvalue weighted by Gasteiger charge is -2.34. The van der Waals surface area contributed by atoms with E-state index in [9.17, 15) is 0 Å². The van der Waals surface area contributed by atoms with Crippen LogP contribution in [0, 0.1) is 0 Å². The van der Waals surface area contributed by atoms with Crippen LogP contribution in [-0.4, -0.2) is 0 Å². The highest BCUT2D eigenvalue weighted by Crippen LogP contribution is 2.59. The Bertz CT molecular complexity index is 4170. The topological polar surface area (TPSA) is 3.24 Å². The van der Waals surface area contributed by atoms with Crippen LogP contribution in [0.2, 0.25) is 0 Å². The van der Waals surface area contributed by atoms with Gasteiger partial charge < -0.3 is 4.90 Å². The third-order valence-corrected chi connectivity index (χ3v) is 15.5. The second-order valence-electron chi connectivity index (χ2n) is 19.5. The van der Waals surface area contributed by atoms with Crippen LogP contribution in [0.5, 0.6) is 0 Å². The van der Waals surface area contributed by atoms with E-state index in [0.717, 1.165) is 28.2 Å². The molecule has 0 amide bonds. The highest BCUT2D eigenvalue weighted by atomic mass is 15.1. The Kier molecular flexibility index (Phi) is 10.5. The summed E-state index contributed by atoms with van der Waals surface area (Å²) in [7, 11) is 0. The molecule has 0 radical (unpaired) electrons. The Morgan fingerprint density at radius 3 is 1.45 bits per heavy atom. The van der Waals surface area contributed by atoms with Crippen molar-refractivity contribution in [3.63, 3.8) is 0 Å². The molecule has 1 aliphatic carbocycles. The SMILES string of the molecule is c1ccc(-c2c(-c3ccccc3)c3cc(-c4cccc(N(c5ccc(-c6cccc7ccccc67)cc5)c5cccc6c5-c5ccccc5C6(c5ccccc5)c5ccccc5)c4)ccc3c3ccccc23)cc1. The van der Waals surface area contributed by atoms with E-state index in [-0.39, 0.29) is 0 Å². The van der Waals surface area contributed by atoms with Crippen molar-refractivity contribution in [1.82, 2.24) is 0 Å². The van der Waals surface area contributed by atoms with E-state index in [1.807, 2.05) is 0 Å². The smallest absolute Gasteiger partial charge is 0.0714 e. The molecule has 0 atom stereocenters. The Morgan fingerprint density at radius 2 is 0.730 bits per heavy atom. The molecule has 13 aromatic carbocycles. The zero-order valence-electron chi connectivity index (χ0n) is 40.7. The molecular weight excluding hydrogens is 891 g/mol. The molecule has 74 heavy (non-hydrogen) atoms. The van der Waals surface area contributed by atoms with Gasteiger partial charge in [0.05, 0.1) is 11.1 Å². The summed E-state index contributed by atoms with van der Waals surface area (Å²) in [6, 6.07) is 110. The fourth-order valence-corrected chi connectivity index (χ4v) is 12.4. The first-order valence-electron chi connectivity index (χ1n) is 25.7. The van der Waals surface area contributed by atoms with Crippen LogP contribution in [0.1, 0.15) is 22.3 Å². The summed E-state index contributed by atoms with van der Waals surface area (Å²) in [6.45, 7) is 0. The van der Waals surface area contributed by atoms with Crippen LogP contribution in [0.15, 0.2) is 297 Å². The monoisotopic (exact) mass is 939 g/mol. The lowest BCUT2D eigenvalue weighted by atomic mass is 9.68. The Hall–Kier alpha value is -9.56. The number of fused-ring (bicyclic) bond motifs is 7. The van der Waals surface area contributed by atoms with E-state index >= 15 is 0 Å². The van der Waals surface area contributed by atoms with Crippen molar-refractivity contribution in [2.45, 2.75) is 5.41 Å². The molecule has 0 heterocycles. The van der Waals surface area contributed by atoms with Crippen molar-refractivity contribution in [3.05, 3.63) is 320 Å². The van der Waals surface area contributed by atoms with Crippen LogP contribution in [0.25, 0.3) is 88.0 Å². The van der Waals surface area contributed by atoms with E-state index in [1.54, 1.807) is 0 Å². The van der Waals surface area contributed by atoms with E-state index in [0.29, 0.717) is 0 Å². The Labute approximate surface area is 432 Å². The molecule has 346 valence electrons. The van der Waals surface area contributed by atoms with Gasteiger partial charge in [-0.15, -0.1) is 0 Å². The standard InChI is InChI=1S/C73H49N/c1-5-23-52(24-6-1)70-64-36-16-15-35-62(64)63-47-44-55(49-66(63)71(70)53-25-7-2-8-26-53)54-28-19-33-59(48-54)74(58-45-42-51(43-46-58)61-38-20-27-50-22-13-14-34-60(50)61)69-41-21-40-68-72(69)65-37-17-18-39-67(65)73(68,56-29-9-3-10-30-56)57-31-11-4-12-32-57/h1-49H. The summed E-state index contributed by atoms with van der Waals surface area (Å²) in [5.74, 6) is 0. The minimum Gasteiger partial charge on any atom is -0.310 e. The van der Waals surface area contributed by atoms with E-state index in [1.165, 1.54) is 99.1 Å². The largest absolute Gasteiger partial charge is 0.310 e. The van der Waals surface area contributed by atoms with E-state index in [2.05, 4.69) is 302 Å². The molecule has 0 spiro atoms. The van der Waals surface area contributed by atoms with Crippen molar-refractivity contribution < 1.29 is 0 Å². The van der Waals surface area contributed by atoms with Gasteiger partial charge in [-0.2, -0.15) is 0 Å². The van der Waals surface area contributed by atoms with Gasteiger partial charge >= 0.3 is 0 Å². The molecule has 13 aromatic rings. The van der Waals surface area contributed by atoms with E-state index in [4.69, 9.17) is 0 Å². The average molecular weight is 940 g/mol. The number of hydrogen-bond acceptors (Lipinski definition) is 1. The van der Waals surface area contributed by atoms with Gasteiger partial charge in [-0.05, 0) is 141 Å². The normalized spacial score (nSPS) is 12.4. The molecule has 1 nitrogen and oxygen atoms in total. The van der Waals surface area contributed by atoms with Gasteiger partial charge in [-0.25, -0.2) is 0 Å². The molecule has 1 aliphatic rings. The maximum atomic E-state index is 2.50. The number of benzene rings is 13. The van der Waals surface area contributed by atoms with Crippen molar-refractivity contribution in [3.8, 4) is 55.6 Å². The first-order chi connectivity index (χ1) is 36.7. The maximum Gasteiger partial charge on any atom is 0.0714 e. The first kappa shape index (κ1) is 43.2. The zero-order valence-corrected chi connectivity index (χ0v) is 40.7. The van der Waals surface area contributed by atoms with Gasteiger partial charge in [0.1, 0.15) is 0 Å². The van der Waals surface area contributed by atoms with Crippen LogP contribution in [0.3, 0.4) is 0 Å². The van der Waals surface area contributed by atoms with Crippen LogP contribution < -0.4 is 4.90 Å². The fraction of sp³-hybridized carbons (Fsp3) is 0.0137. The summed E-state index contributed by atoms with van der Waals surface area (Å²) < 4.78 is 0. The first-order valence-corrected chi connectivity index (χ1v) is 25.7. The molecule has 1 heteroatoms. The van der Waals surface area contributed by atoms with Gasteiger partial charge in [0.15, 0.2) is 0 Å². The lowest BCUT2D eigenvalue weighted by Crippen LogP contribution is -2.28. The Morgan fingerprint density at radius 1 is 0.243 bits per heavy atom. The quantitative estimate of drug-likeness (QED) is 0.130. The highest BCUT2D eigenvalue weighted by molar-refractivity contribution is 6.22. The molecule has 0 unspecified atom stereocenters. The minimum atomic E-state index is -0.541. The summed E-state index contributed by atoms with van der Waals surface area (Å²) in [5.41, 5.74) is 19.9. The minimum absolute atomic E-state index is 0.541. The summed E-state index contributed by atoms with van der Waals surface area (Å²) in [5, 5.41) is 7.46. The van der Waals surface area contributed by atoms with Gasteiger partial charge in [-0.3, -0.25) is 0 Å². The van der Waals surface area contributed by atoms with Crippen molar-refractivity contribution in [1.29, 1.82) is 0 Å². The Balaban J connectivity index is 1.00. The van der Waals surface area contributed by atoms with Crippen LogP contribution >= 0.6 is 0 Å². The molecule has 0 fully saturated rings. The molecular formula is C73H49N. The van der Waals surface area contributed by atoms with Crippen LogP contribution in [-0.2, 0) is 5.41 Å². The maximum absolute atomic E-state index is 2.50. The highest BCUT2D eigenvalue weighted by Gasteiger charge is 2.47. The van der Waals surface area contributed by atoms with Crippen LogP contribution in [0.4, 0.5) is 17.1 Å². The van der Waals surface area contributed by atoms with Gasteiger partial charge in [0, 0.05) is 16.9 Å². The third-order valence-electron chi connectivity index (χ3n) is 15.5. The summed E-state index contributed by atoms with van der Waals surface area (Å²) >= 11 is 0. The zero-order chi connectivity index (χ0) is 49.0. The number of rotatable bonds is 9. The molecule has 0 saturated heterocycles. The summed E-state index contributed by atoms with van der Waals surface area (Å²) in [6.07, 6.45) is 0. The van der Waals surface area contributed by atoms with Gasteiger partial charge in [0.25, 0.3) is 0 Å². The number of nitrogens with zero attached hydrogens (tertiary/aromatic N) is 1. The third kappa shape index (κ3) is 6.93. The molecule has 0 bridgehead atoms. The molecule has 14 rings (SSSR count). The number of anilines is 3. The van der Waals surface area contributed by atoms with Crippen molar-refractivity contribution in [2.24, 2.45) is 0 Å².